The van der Waals surface area contributed by atoms with Gasteiger partial charge in [-0.25, -0.2) is 0 Å². The van der Waals surface area contributed by atoms with Crippen LogP contribution in [0.15, 0.2) is 0 Å². The number of methoxy groups -OCH3 is 1. The molecule has 1 aromatic heterocycles. The molecule has 0 aliphatic rings. The van der Waals surface area contributed by atoms with Crippen LogP contribution >= 0.6 is 0 Å². The Bertz CT molecular complexity index is 410. The van der Waals surface area contributed by atoms with E-state index in [9.17, 15) is 4.79 Å². The molecule has 0 N–H and O–H groups in total. The van der Waals surface area contributed by atoms with Crippen molar-refractivity contribution in [1.82, 2.24) is 9.78 Å². The quantitative estimate of drug-likeness (QED) is 0.757. The lowest BCUT2D eigenvalue weighted by molar-refractivity contribution is -0.146. The van der Waals surface area contributed by atoms with E-state index in [-0.39, 0.29) is 17.9 Å². The normalized spacial score (nSPS) is 14.5. The molecule has 96 valence electrons. The van der Waals surface area contributed by atoms with Gasteiger partial charge in [0.05, 0.1) is 24.8 Å². The molecule has 4 heteroatoms. The van der Waals surface area contributed by atoms with E-state index in [2.05, 4.69) is 18.9 Å². The molecule has 4 nitrogen and oxygen atoms in total. The van der Waals surface area contributed by atoms with Crippen LogP contribution in [0.25, 0.3) is 0 Å². The zero-order valence-electron chi connectivity index (χ0n) is 11.6. The third-order valence-electron chi connectivity index (χ3n) is 3.51. The average molecular weight is 238 g/mol. The second kappa shape index (κ2) is 5.34. The number of aryl methyl sites for hydroxylation is 1. The van der Waals surface area contributed by atoms with E-state index in [1.54, 1.807) is 0 Å². The van der Waals surface area contributed by atoms with E-state index >= 15 is 0 Å². The summed E-state index contributed by atoms with van der Waals surface area (Å²) in [7, 11) is 1.42. The first kappa shape index (κ1) is 13.7. The molecule has 17 heavy (non-hydrogen) atoms. The van der Waals surface area contributed by atoms with E-state index < -0.39 is 0 Å². The molecule has 0 saturated heterocycles. The third-order valence-corrected chi connectivity index (χ3v) is 3.51. The zero-order valence-corrected chi connectivity index (χ0v) is 11.6. The van der Waals surface area contributed by atoms with E-state index in [1.165, 1.54) is 12.7 Å². The van der Waals surface area contributed by atoms with Crippen LogP contribution in [-0.4, -0.2) is 22.9 Å². The van der Waals surface area contributed by atoms with Gasteiger partial charge in [-0.05, 0) is 39.7 Å². The lowest BCUT2D eigenvalue weighted by atomic mass is 10.0. The summed E-state index contributed by atoms with van der Waals surface area (Å²) in [5.41, 5.74) is 3.47. The third kappa shape index (κ3) is 2.51. The van der Waals surface area contributed by atoms with Gasteiger partial charge in [-0.1, -0.05) is 6.92 Å². The predicted molar refractivity (Wildman–Crippen MR) is 67.0 cm³/mol. The molecular weight excluding hydrogens is 216 g/mol. The van der Waals surface area contributed by atoms with Gasteiger partial charge in [0.25, 0.3) is 0 Å². The number of carbonyl (C=O) groups is 1. The van der Waals surface area contributed by atoms with E-state index in [0.717, 1.165) is 17.8 Å². The molecule has 0 radical (unpaired) electrons. The van der Waals surface area contributed by atoms with Crippen molar-refractivity contribution in [3.8, 4) is 0 Å². The summed E-state index contributed by atoms with van der Waals surface area (Å²) in [6.07, 6.45) is 0.969. The predicted octanol–water partition coefficient (Wildman–Crippen LogP) is 2.43. The summed E-state index contributed by atoms with van der Waals surface area (Å²) in [6.45, 7) is 10.1. The van der Waals surface area contributed by atoms with Crippen LogP contribution in [-0.2, 0) is 16.0 Å². The lowest BCUT2D eigenvalue weighted by Crippen LogP contribution is -2.24. The van der Waals surface area contributed by atoms with Crippen molar-refractivity contribution in [2.45, 2.75) is 47.1 Å². The van der Waals surface area contributed by atoms with Gasteiger partial charge in [0.15, 0.2) is 0 Å². The van der Waals surface area contributed by atoms with E-state index in [1.807, 2.05) is 25.5 Å². The monoisotopic (exact) mass is 238 g/mol. The van der Waals surface area contributed by atoms with Crippen molar-refractivity contribution >= 4 is 5.97 Å². The fraction of sp³-hybridized carbons (Fsp3) is 0.692. The maximum absolute atomic E-state index is 11.5. The molecule has 0 spiro atoms. The second-order valence-corrected chi connectivity index (χ2v) is 4.50. The van der Waals surface area contributed by atoms with Crippen LogP contribution in [0.5, 0.6) is 0 Å². The molecule has 0 aliphatic carbocycles. The van der Waals surface area contributed by atoms with Crippen LogP contribution < -0.4 is 0 Å². The van der Waals surface area contributed by atoms with Crippen LogP contribution in [0.1, 0.15) is 43.8 Å². The van der Waals surface area contributed by atoms with Crippen LogP contribution in [0.4, 0.5) is 0 Å². The minimum absolute atomic E-state index is 0.0152. The van der Waals surface area contributed by atoms with Crippen molar-refractivity contribution in [2.24, 2.45) is 5.92 Å². The first-order chi connectivity index (χ1) is 7.93. The van der Waals surface area contributed by atoms with Crippen LogP contribution in [0.3, 0.4) is 0 Å². The highest BCUT2D eigenvalue weighted by Crippen LogP contribution is 2.23. The molecule has 1 aromatic rings. The molecule has 0 aromatic carbocycles. The largest absolute Gasteiger partial charge is 0.469 e. The molecule has 2 unspecified atom stereocenters. The molecule has 1 heterocycles. The first-order valence-electron chi connectivity index (χ1n) is 6.06. The molecule has 0 aliphatic heterocycles. The fourth-order valence-corrected chi connectivity index (χ4v) is 2.20. The van der Waals surface area contributed by atoms with Crippen molar-refractivity contribution in [3.05, 3.63) is 17.0 Å². The number of ether oxygens (including phenoxy) is 1. The molecule has 0 saturated carbocycles. The Hall–Kier alpha value is -1.32. The first-order valence-corrected chi connectivity index (χ1v) is 6.06. The van der Waals surface area contributed by atoms with Crippen LogP contribution in [0.2, 0.25) is 0 Å². The summed E-state index contributed by atoms with van der Waals surface area (Å²) < 4.78 is 6.72. The van der Waals surface area contributed by atoms with Crippen molar-refractivity contribution in [3.63, 3.8) is 0 Å². The van der Waals surface area contributed by atoms with Gasteiger partial charge in [0.2, 0.25) is 0 Å². The number of esters is 1. The summed E-state index contributed by atoms with van der Waals surface area (Å²) in [5, 5.41) is 4.53. The summed E-state index contributed by atoms with van der Waals surface area (Å²) in [4.78, 5) is 11.5. The summed E-state index contributed by atoms with van der Waals surface area (Å²) in [5.74, 6) is -0.384. The summed E-state index contributed by atoms with van der Waals surface area (Å²) in [6, 6.07) is 0.0152. The zero-order chi connectivity index (χ0) is 13.2. The number of hydrogen-bond donors (Lipinski definition) is 0. The van der Waals surface area contributed by atoms with Gasteiger partial charge in [-0.3, -0.25) is 9.48 Å². The Kier molecular flexibility index (Phi) is 4.32. The Labute approximate surface area is 103 Å². The maximum Gasteiger partial charge on any atom is 0.310 e. The number of aromatic nitrogens is 2. The van der Waals surface area contributed by atoms with E-state index in [4.69, 9.17) is 4.74 Å². The highest BCUT2D eigenvalue weighted by molar-refractivity contribution is 5.72. The molecule has 0 bridgehead atoms. The Morgan fingerprint density at radius 1 is 1.41 bits per heavy atom. The van der Waals surface area contributed by atoms with Gasteiger partial charge in [-0.2, -0.15) is 5.10 Å². The van der Waals surface area contributed by atoms with Crippen LogP contribution in [0, 0.1) is 19.8 Å². The number of carbonyl (C=O) groups excluding carboxylic acids is 1. The van der Waals surface area contributed by atoms with E-state index in [0.29, 0.717) is 0 Å². The van der Waals surface area contributed by atoms with Gasteiger partial charge < -0.3 is 4.74 Å². The molecule has 1 rings (SSSR count). The Morgan fingerprint density at radius 2 is 2.00 bits per heavy atom. The van der Waals surface area contributed by atoms with Crippen molar-refractivity contribution < 1.29 is 9.53 Å². The van der Waals surface area contributed by atoms with Gasteiger partial charge in [-0.15, -0.1) is 0 Å². The molecule has 0 fully saturated rings. The maximum atomic E-state index is 11.5. The van der Waals surface area contributed by atoms with Gasteiger partial charge in [0, 0.05) is 5.69 Å². The highest BCUT2D eigenvalue weighted by Gasteiger charge is 2.25. The van der Waals surface area contributed by atoms with Gasteiger partial charge >= 0.3 is 5.97 Å². The molecular formula is C13H22N2O2. The summed E-state index contributed by atoms with van der Waals surface area (Å²) >= 11 is 0. The topological polar surface area (TPSA) is 44.1 Å². The average Bonchev–Trinajstić information content (AvgIpc) is 2.61. The smallest absolute Gasteiger partial charge is 0.310 e. The number of rotatable bonds is 4. The van der Waals surface area contributed by atoms with Crippen molar-refractivity contribution in [2.75, 3.05) is 7.11 Å². The minimum atomic E-state index is -0.192. The number of hydrogen-bond acceptors (Lipinski definition) is 3. The highest BCUT2D eigenvalue weighted by atomic mass is 16.5. The molecule has 2 atom stereocenters. The van der Waals surface area contributed by atoms with Crippen molar-refractivity contribution in [1.29, 1.82) is 0 Å². The SMILES string of the molecule is CCc1c(C)nn(C(C)C(C)C(=O)OC)c1C. The number of nitrogens with zero attached hydrogens (tertiary/aromatic N) is 2. The van der Waals surface area contributed by atoms with Gasteiger partial charge in [0.1, 0.15) is 0 Å². The second-order valence-electron chi connectivity index (χ2n) is 4.50. The Balaban J connectivity index is 3.04. The molecule has 0 amide bonds. The minimum Gasteiger partial charge on any atom is -0.469 e. The standard InChI is InChI=1S/C13H22N2O2/c1-7-12-9(3)14-15(11(12)5)10(4)8(2)13(16)17-6/h8,10H,7H2,1-6H3. The lowest BCUT2D eigenvalue weighted by Gasteiger charge is -2.19. The Morgan fingerprint density at radius 3 is 2.41 bits per heavy atom. The fourth-order valence-electron chi connectivity index (χ4n) is 2.20.